The van der Waals surface area contributed by atoms with Crippen LogP contribution in [0.2, 0.25) is 0 Å². The van der Waals surface area contributed by atoms with Gasteiger partial charge in [0, 0.05) is 47.6 Å². The first-order valence-corrected chi connectivity index (χ1v) is 13.0. The fourth-order valence-corrected chi connectivity index (χ4v) is 7.11. The van der Waals surface area contributed by atoms with E-state index in [1.807, 2.05) is 0 Å². The number of aromatic nitrogens is 2. The smallest absolute Gasteiger partial charge is 0.267 e. The molecule has 1 aliphatic heterocycles. The number of carbonyl (C=O) groups excluding carboxylic acids is 1. The maximum Gasteiger partial charge on any atom is 0.267 e. The summed E-state index contributed by atoms with van der Waals surface area (Å²) in [5, 5.41) is 4.37. The van der Waals surface area contributed by atoms with Gasteiger partial charge in [-0.1, -0.05) is 12.1 Å². The van der Waals surface area contributed by atoms with E-state index in [1.165, 1.54) is 16.4 Å². The summed E-state index contributed by atoms with van der Waals surface area (Å²) in [7, 11) is -3.73. The van der Waals surface area contributed by atoms with Crippen LogP contribution in [-0.4, -0.2) is 53.2 Å². The number of sulfonamides is 1. The van der Waals surface area contributed by atoms with Crippen LogP contribution in [-0.2, 0) is 10.0 Å². The van der Waals surface area contributed by atoms with Crippen LogP contribution in [0.5, 0.6) is 0 Å². The van der Waals surface area contributed by atoms with Crippen molar-refractivity contribution in [3.8, 4) is 11.4 Å². The minimum absolute atomic E-state index is 0.0303. The lowest BCUT2D eigenvalue weighted by molar-refractivity contribution is 0.102. The molecule has 8 nitrogen and oxygen atoms in total. The van der Waals surface area contributed by atoms with E-state index in [9.17, 15) is 18.0 Å². The van der Waals surface area contributed by atoms with Crippen molar-refractivity contribution in [1.82, 2.24) is 14.3 Å². The van der Waals surface area contributed by atoms with E-state index in [-0.39, 0.29) is 15.3 Å². The maximum absolute atomic E-state index is 13.0. The summed E-state index contributed by atoms with van der Waals surface area (Å²) in [6.45, 7) is 2.60. The number of thioether (sulfide) groups is 1. The molecule has 0 atom stereocenters. The van der Waals surface area contributed by atoms with E-state index in [0.29, 0.717) is 35.9 Å². The molecule has 1 aromatic carbocycles. The number of nitrogens with one attached hydrogen (secondary N) is 2. The Morgan fingerprint density at radius 2 is 1.97 bits per heavy atom. The molecule has 0 bridgehead atoms. The molecule has 4 rings (SSSR count). The molecular weight excluding hydrogens is 456 g/mol. The maximum atomic E-state index is 13.0. The van der Waals surface area contributed by atoms with Crippen molar-refractivity contribution in [2.75, 3.05) is 29.9 Å². The Hall–Kier alpha value is -2.47. The van der Waals surface area contributed by atoms with E-state index in [1.54, 1.807) is 48.3 Å². The lowest BCUT2D eigenvalue weighted by Crippen LogP contribution is -2.38. The van der Waals surface area contributed by atoms with E-state index in [0.717, 1.165) is 22.8 Å². The molecule has 2 aromatic heterocycles. The van der Waals surface area contributed by atoms with Crippen LogP contribution in [0.25, 0.3) is 11.4 Å². The minimum atomic E-state index is -3.73. The summed E-state index contributed by atoms with van der Waals surface area (Å²) >= 11 is 2.80. The number of amides is 1. The number of aromatic amines is 1. The predicted molar refractivity (Wildman–Crippen MR) is 123 cm³/mol. The normalized spacial score (nSPS) is 15.0. The number of H-pyrrole nitrogens is 1. The Bertz CT molecular complexity index is 1280. The van der Waals surface area contributed by atoms with Crippen molar-refractivity contribution in [1.29, 1.82) is 0 Å². The second-order valence-electron chi connectivity index (χ2n) is 6.90. The van der Waals surface area contributed by atoms with Crippen molar-refractivity contribution in [3.63, 3.8) is 0 Å². The molecule has 0 spiro atoms. The fraction of sp³-hybridized carbons (Fsp3) is 0.250. The average molecular weight is 477 g/mol. The van der Waals surface area contributed by atoms with E-state index >= 15 is 0 Å². The third-order valence-corrected chi connectivity index (χ3v) is 8.61. The molecular formula is C20H20N4O4S3. The molecule has 31 heavy (non-hydrogen) atoms. The van der Waals surface area contributed by atoms with E-state index in [2.05, 4.69) is 15.3 Å². The van der Waals surface area contributed by atoms with Crippen molar-refractivity contribution in [2.24, 2.45) is 0 Å². The third-order valence-electron chi connectivity index (χ3n) is 4.69. The van der Waals surface area contributed by atoms with Gasteiger partial charge in [0.15, 0.2) is 0 Å². The number of carbonyl (C=O) groups is 1. The van der Waals surface area contributed by atoms with Gasteiger partial charge in [-0.25, -0.2) is 13.4 Å². The molecule has 2 N–H and O–H groups in total. The molecule has 3 heterocycles. The van der Waals surface area contributed by atoms with E-state index in [4.69, 9.17) is 0 Å². The quantitative estimate of drug-likeness (QED) is 0.586. The number of thiophene rings is 1. The van der Waals surface area contributed by atoms with Gasteiger partial charge in [-0.15, -0.1) is 11.3 Å². The summed E-state index contributed by atoms with van der Waals surface area (Å²) in [5.41, 5.74) is 1.42. The summed E-state index contributed by atoms with van der Waals surface area (Å²) in [6, 6.07) is 9.75. The molecule has 0 radical (unpaired) electrons. The second kappa shape index (κ2) is 8.95. The van der Waals surface area contributed by atoms with Crippen molar-refractivity contribution in [2.45, 2.75) is 11.8 Å². The van der Waals surface area contributed by atoms with Gasteiger partial charge in [0.2, 0.25) is 10.0 Å². The Balaban J connectivity index is 1.59. The van der Waals surface area contributed by atoms with Gasteiger partial charge in [0.05, 0.1) is 0 Å². The lowest BCUT2D eigenvalue weighted by atomic mass is 10.2. The average Bonchev–Trinajstić information content (AvgIpc) is 3.25. The van der Waals surface area contributed by atoms with Crippen molar-refractivity contribution in [3.05, 3.63) is 62.7 Å². The number of anilines is 1. The number of hydrogen-bond donors (Lipinski definition) is 2. The monoisotopic (exact) mass is 476 g/mol. The highest BCUT2D eigenvalue weighted by molar-refractivity contribution is 7.99. The van der Waals surface area contributed by atoms with Crippen LogP contribution in [0.4, 0.5) is 5.69 Å². The highest BCUT2D eigenvalue weighted by Gasteiger charge is 2.31. The van der Waals surface area contributed by atoms with Gasteiger partial charge in [0.1, 0.15) is 15.6 Å². The summed E-state index contributed by atoms with van der Waals surface area (Å²) in [4.78, 5) is 31.8. The molecule has 0 aliphatic carbocycles. The number of nitrogens with zero attached hydrogens (tertiary/aromatic N) is 2. The van der Waals surface area contributed by atoms with Gasteiger partial charge >= 0.3 is 0 Å². The van der Waals surface area contributed by atoms with Crippen LogP contribution in [0.1, 0.15) is 15.4 Å². The highest BCUT2D eigenvalue weighted by atomic mass is 32.2. The summed E-state index contributed by atoms with van der Waals surface area (Å²) in [5.74, 6) is 1.38. The highest BCUT2D eigenvalue weighted by Crippen LogP contribution is 2.28. The van der Waals surface area contributed by atoms with Crippen LogP contribution in [0.15, 0.2) is 51.5 Å². The number of aryl methyl sites for hydroxylation is 1. The van der Waals surface area contributed by atoms with Crippen LogP contribution < -0.4 is 10.9 Å². The standard InChI is InChI=1S/C20H20N4O4S3/c1-13-11-17(25)23-19(21-13)14-3-2-4-15(12-14)22-20(26)18-16(5-8-30-18)31(27,28)24-6-9-29-10-7-24/h2-5,8,11-12H,6-7,9-10H2,1H3,(H,22,26)(H,21,23,25). The Labute approximate surface area is 187 Å². The number of rotatable bonds is 5. The largest absolute Gasteiger partial charge is 0.321 e. The Morgan fingerprint density at radius 3 is 2.71 bits per heavy atom. The van der Waals surface area contributed by atoms with Gasteiger partial charge in [-0.05, 0) is 30.5 Å². The first-order chi connectivity index (χ1) is 14.8. The molecule has 11 heteroatoms. The predicted octanol–water partition coefficient (Wildman–Crippen LogP) is 2.80. The fourth-order valence-electron chi connectivity index (χ4n) is 3.24. The van der Waals surface area contributed by atoms with Gasteiger partial charge in [-0.3, -0.25) is 9.59 Å². The molecule has 1 aliphatic rings. The van der Waals surface area contributed by atoms with Gasteiger partial charge in [-0.2, -0.15) is 16.1 Å². The first-order valence-electron chi connectivity index (χ1n) is 9.50. The zero-order chi connectivity index (χ0) is 22.0. The van der Waals surface area contributed by atoms with Crippen LogP contribution in [0.3, 0.4) is 0 Å². The Morgan fingerprint density at radius 1 is 1.19 bits per heavy atom. The first kappa shape index (κ1) is 21.8. The number of benzene rings is 1. The molecule has 3 aromatic rings. The molecule has 1 saturated heterocycles. The molecule has 0 saturated carbocycles. The Kier molecular flexibility index (Phi) is 6.28. The van der Waals surface area contributed by atoms with Crippen LogP contribution in [0, 0.1) is 6.92 Å². The second-order valence-corrected chi connectivity index (χ2v) is 10.9. The van der Waals surface area contributed by atoms with Crippen molar-refractivity contribution >= 4 is 44.7 Å². The molecule has 1 fully saturated rings. The van der Waals surface area contributed by atoms with E-state index < -0.39 is 15.9 Å². The summed E-state index contributed by atoms with van der Waals surface area (Å²) < 4.78 is 27.5. The SMILES string of the molecule is Cc1cc(=O)[nH]c(-c2cccc(NC(=O)c3sccc3S(=O)(=O)N3CCSCC3)c2)n1. The minimum Gasteiger partial charge on any atom is -0.321 e. The van der Waals surface area contributed by atoms with Gasteiger partial charge in [0.25, 0.3) is 11.5 Å². The third kappa shape index (κ3) is 4.74. The zero-order valence-electron chi connectivity index (χ0n) is 16.6. The molecule has 0 unspecified atom stereocenters. The molecule has 162 valence electrons. The topological polar surface area (TPSA) is 112 Å². The summed E-state index contributed by atoms with van der Waals surface area (Å²) in [6.07, 6.45) is 0. The lowest BCUT2D eigenvalue weighted by Gasteiger charge is -2.25. The number of hydrogen-bond acceptors (Lipinski definition) is 7. The van der Waals surface area contributed by atoms with Gasteiger partial charge < -0.3 is 10.3 Å². The zero-order valence-corrected chi connectivity index (χ0v) is 19.1. The van der Waals surface area contributed by atoms with Crippen molar-refractivity contribution < 1.29 is 13.2 Å². The molecule has 1 amide bonds. The van der Waals surface area contributed by atoms with Crippen LogP contribution >= 0.6 is 23.1 Å².